The zero-order valence-electron chi connectivity index (χ0n) is 12.5. The van der Waals surface area contributed by atoms with E-state index < -0.39 is 5.91 Å². The molecule has 7 nitrogen and oxygen atoms in total. The molecule has 0 radical (unpaired) electrons. The van der Waals surface area contributed by atoms with Gasteiger partial charge in [0.15, 0.2) is 0 Å². The van der Waals surface area contributed by atoms with E-state index in [0.717, 1.165) is 5.56 Å². The smallest absolute Gasteiger partial charge is 0.271 e. The second-order valence-electron chi connectivity index (χ2n) is 4.84. The number of hydrogen-bond donors (Lipinski definition) is 2. The lowest BCUT2D eigenvalue weighted by Gasteiger charge is -2.14. The molecule has 1 heterocycles. The molecule has 2 rings (SSSR count). The second-order valence-corrected chi connectivity index (χ2v) is 4.84. The van der Waals surface area contributed by atoms with Crippen LogP contribution >= 0.6 is 0 Å². The van der Waals surface area contributed by atoms with Crippen molar-refractivity contribution in [3.05, 3.63) is 36.0 Å². The number of primary amides is 1. The predicted octanol–water partition coefficient (Wildman–Crippen LogP) is 1.03. The van der Waals surface area contributed by atoms with Gasteiger partial charge in [-0.3, -0.25) is 14.7 Å². The van der Waals surface area contributed by atoms with Gasteiger partial charge in [-0.2, -0.15) is 5.10 Å². The average molecular weight is 302 g/mol. The molecule has 22 heavy (non-hydrogen) atoms. The van der Waals surface area contributed by atoms with Crippen molar-refractivity contribution in [2.24, 2.45) is 5.73 Å². The summed E-state index contributed by atoms with van der Waals surface area (Å²) in [4.78, 5) is 24.4. The van der Waals surface area contributed by atoms with E-state index in [9.17, 15) is 9.59 Å². The molecule has 3 N–H and O–H groups in total. The summed E-state index contributed by atoms with van der Waals surface area (Å²) in [6.45, 7) is 0.266. The number of carbonyl (C=O) groups excluding carboxylic acids is 2. The Morgan fingerprint density at radius 2 is 2.14 bits per heavy atom. The Bertz CT molecular complexity index is 681. The van der Waals surface area contributed by atoms with Crippen molar-refractivity contribution in [3.63, 3.8) is 0 Å². The highest BCUT2D eigenvalue weighted by Crippen LogP contribution is 2.22. The Balaban J connectivity index is 2.13. The molecular weight excluding hydrogens is 284 g/mol. The molecule has 0 fully saturated rings. The number of nitrogens with zero attached hydrogens (tertiary/aromatic N) is 2. The van der Waals surface area contributed by atoms with E-state index in [2.05, 4.69) is 10.2 Å². The summed E-state index contributed by atoms with van der Waals surface area (Å²) >= 11 is 0. The van der Waals surface area contributed by atoms with Gasteiger partial charge in [0.25, 0.3) is 5.91 Å². The molecule has 2 aromatic rings. The fourth-order valence-corrected chi connectivity index (χ4v) is 1.95. The topological polar surface area (TPSA) is 101 Å². The molecule has 0 aliphatic rings. The van der Waals surface area contributed by atoms with Crippen LogP contribution in [0.5, 0.6) is 5.75 Å². The molecular formula is C15H18N4O3. The summed E-state index contributed by atoms with van der Waals surface area (Å²) in [5, 5.41) is 6.85. The summed E-state index contributed by atoms with van der Waals surface area (Å²) in [5.41, 5.74) is 6.92. The summed E-state index contributed by atoms with van der Waals surface area (Å²) < 4.78 is 5.17. The van der Waals surface area contributed by atoms with Crippen LogP contribution in [0.2, 0.25) is 0 Å². The largest absolute Gasteiger partial charge is 0.497 e. The molecule has 7 heteroatoms. The third-order valence-electron chi connectivity index (χ3n) is 3.21. The number of methoxy groups -OCH3 is 1. The molecule has 0 aliphatic heterocycles. The standard InChI is InChI=1S/C15H18N4O3/c1-19(7-6-14(16)20)15(21)13-9-12(17-18-13)10-4-3-5-11(8-10)22-2/h3-5,8-9H,6-7H2,1-2H3,(H2,16,20)(H,17,18). The first-order chi connectivity index (χ1) is 10.5. The molecule has 0 saturated carbocycles. The van der Waals surface area contributed by atoms with Crippen molar-refractivity contribution in [2.45, 2.75) is 6.42 Å². The molecule has 116 valence electrons. The predicted molar refractivity (Wildman–Crippen MR) is 81.3 cm³/mol. The van der Waals surface area contributed by atoms with Crippen LogP contribution in [0.4, 0.5) is 0 Å². The monoisotopic (exact) mass is 302 g/mol. The number of rotatable bonds is 6. The molecule has 0 atom stereocenters. The highest BCUT2D eigenvalue weighted by molar-refractivity contribution is 5.93. The molecule has 1 aromatic heterocycles. The van der Waals surface area contributed by atoms with Crippen LogP contribution < -0.4 is 10.5 Å². The maximum atomic E-state index is 12.2. The van der Waals surface area contributed by atoms with Crippen LogP contribution in [0.25, 0.3) is 11.3 Å². The third-order valence-corrected chi connectivity index (χ3v) is 3.21. The SMILES string of the molecule is COc1cccc(-c2cc(C(=O)N(C)CCC(N)=O)[nH]n2)c1. The molecule has 0 spiro atoms. The van der Waals surface area contributed by atoms with E-state index in [4.69, 9.17) is 10.5 Å². The van der Waals surface area contributed by atoms with Crippen molar-refractivity contribution in [2.75, 3.05) is 20.7 Å². The number of benzene rings is 1. The maximum absolute atomic E-state index is 12.2. The number of aromatic nitrogens is 2. The number of hydrogen-bond acceptors (Lipinski definition) is 4. The fourth-order valence-electron chi connectivity index (χ4n) is 1.95. The number of amides is 2. The zero-order valence-corrected chi connectivity index (χ0v) is 12.5. The lowest BCUT2D eigenvalue weighted by atomic mass is 10.1. The maximum Gasteiger partial charge on any atom is 0.271 e. The van der Waals surface area contributed by atoms with Crippen LogP contribution in [-0.2, 0) is 4.79 Å². The highest BCUT2D eigenvalue weighted by atomic mass is 16.5. The van der Waals surface area contributed by atoms with E-state index in [1.54, 1.807) is 20.2 Å². The van der Waals surface area contributed by atoms with Crippen LogP contribution in [0, 0.1) is 0 Å². The van der Waals surface area contributed by atoms with Gasteiger partial charge in [-0.25, -0.2) is 0 Å². The van der Waals surface area contributed by atoms with E-state index in [-0.39, 0.29) is 18.9 Å². The summed E-state index contributed by atoms with van der Waals surface area (Å²) in [5.74, 6) is 0.0242. The van der Waals surface area contributed by atoms with Crippen molar-refractivity contribution < 1.29 is 14.3 Å². The van der Waals surface area contributed by atoms with Gasteiger partial charge in [0.2, 0.25) is 5.91 Å². The molecule has 0 bridgehead atoms. The lowest BCUT2D eigenvalue weighted by Crippen LogP contribution is -2.30. The number of ether oxygens (including phenoxy) is 1. The van der Waals surface area contributed by atoms with Crippen molar-refractivity contribution in [3.8, 4) is 17.0 Å². The van der Waals surface area contributed by atoms with Crippen LogP contribution in [0.15, 0.2) is 30.3 Å². The normalized spacial score (nSPS) is 10.3. The molecule has 1 aromatic carbocycles. The Hall–Kier alpha value is -2.83. The Kier molecular flexibility index (Phi) is 4.77. The van der Waals surface area contributed by atoms with Crippen LogP contribution in [0.3, 0.4) is 0 Å². The van der Waals surface area contributed by atoms with Gasteiger partial charge in [0.1, 0.15) is 11.4 Å². The Morgan fingerprint density at radius 3 is 2.82 bits per heavy atom. The van der Waals surface area contributed by atoms with Crippen molar-refractivity contribution >= 4 is 11.8 Å². The molecule has 0 aliphatic carbocycles. The second kappa shape index (κ2) is 6.75. The van der Waals surface area contributed by atoms with Crippen LogP contribution in [-0.4, -0.2) is 47.6 Å². The molecule has 0 saturated heterocycles. The van der Waals surface area contributed by atoms with E-state index in [1.165, 1.54) is 4.90 Å². The van der Waals surface area contributed by atoms with Crippen LogP contribution in [0.1, 0.15) is 16.9 Å². The first kappa shape index (κ1) is 15.6. The number of carbonyl (C=O) groups is 2. The quantitative estimate of drug-likeness (QED) is 0.832. The number of H-pyrrole nitrogens is 1. The van der Waals surface area contributed by atoms with Crippen molar-refractivity contribution in [1.29, 1.82) is 0 Å². The molecule has 0 unspecified atom stereocenters. The summed E-state index contributed by atoms with van der Waals surface area (Å²) in [6, 6.07) is 9.06. The van der Waals surface area contributed by atoms with Gasteiger partial charge in [0.05, 0.1) is 12.8 Å². The third kappa shape index (κ3) is 3.63. The first-order valence-corrected chi connectivity index (χ1v) is 6.75. The van der Waals surface area contributed by atoms with E-state index in [0.29, 0.717) is 17.1 Å². The minimum atomic E-state index is -0.443. The number of nitrogens with two attached hydrogens (primary N) is 1. The Morgan fingerprint density at radius 1 is 1.36 bits per heavy atom. The lowest BCUT2D eigenvalue weighted by molar-refractivity contribution is -0.118. The minimum absolute atomic E-state index is 0.124. The first-order valence-electron chi connectivity index (χ1n) is 6.75. The highest BCUT2D eigenvalue weighted by Gasteiger charge is 2.16. The van der Waals surface area contributed by atoms with Gasteiger partial charge < -0.3 is 15.4 Å². The molecule has 2 amide bonds. The zero-order chi connectivity index (χ0) is 16.1. The van der Waals surface area contributed by atoms with Crippen molar-refractivity contribution in [1.82, 2.24) is 15.1 Å². The summed E-state index contributed by atoms with van der Waals surface area (Å²) in [7, 11) is 3.20. The van der Waals surface area contributed by atoms with Gasteiger partial charge in [-0.1, -0.05) is 12.1 Å². The number of nitrogens with one attached hydrogen (secondary N) is 1. The van der Waals surface area contributed by atoms with Gasteiger partial charge >= 0.3 is 0 Å². The Labute approximate surface area is 128 Å². The average Bonchev–Trinajstić information content (AvgIpc) is 3.01. The minimum Gasteiger partial charge on any atom is -0.497 e. The van der Waals surface area contributed by atoms with E-state index >= 15 is 0 Å². The van der Waals surface area contributed by atoms with E-state index in [1.807, 2.05) is 24.3 Å². The number of aromatic amines is 1. The fraction of sp³-hybridized carbons (Fsp3) is 0.267. The van der Waals surface area contributed by atoms with Gasteiger partial charge in [-0.15, -0.1) is 0 Å². The van der Waals surface area contributed by atoms with Gasteiger partial charge in [-0.05, 0) is 18.2 Å². The van der Waals surface area contributed by atoms with Gasteiger partial charge in [0, 0.05) is 25.6 Å². The summed E-state index contributed by atoms with van der Waals surface area (Å²) in [6.07, 6.45) is 0.124.